The van der Waals surface area contributed by atoms with E-state index in [1.54, 1.807) is 6.92 Å². The van der Waals surface area contributed by atoms with Crippen LogP contribution in [0.5, 0.6) is 0 Å². The molecule has 2 nitrogen and oxygen atoms in total. The van der Waals surface area contributed by atoms with E-state index in [4.69, 9.17) is 4.43 Å². The van der Waals surface area contributed by atoms with Gasteiger partial charge in [-0.15, -0.1) is 0 Å². The fourth-order valence-corrected chi connectivity index (χ4v) is 7.35. The number of nitrogens with one attached hydrogen (secondary N) is 1. The predicted octanol–water partition coefficient (Wildman–Crippen LogP) is 3.21. The number of halogens is 3. The average Bonchev–Trinajstić information content (AvgIpc) is 2.74. The lowest BCUT2D eigenvalue weighted by Crippen LogP contribution is -2.70. The maximum Gasteiger partial charge on any atom is 0.401 e. The van der Waals surface area contributed by atoms with Crippen LogP contribution in [0.25, 0.3) is 0 Å². The van der Waals surface area contributed by atoms with Crippen LogP contribution in [0.3, 0.4) is 0 Å². The van der Waals surface area contributed by atoms with E-state index < -0.39 is 27.1 Å². The summed E-state index contributed by atoms with van der Waals surface area (Å²) in [5, 5.41) is 5.69. The van der Waals surface area contributed by atoms with Gasteiger partial charge in [0.15, 0.2) is 0 Å². The summed E-state index contributed by atoms with van der Waals surface area (Å²) in [6.45, 7) is 0.848. The largest absolute Gasteiger partial charge is 0.403 e. The number of alkyl halides is 3. The molecule has 1 N–H and O–H groups in total. The van der Waals surface area contributed by atoms with Crippen molar-refractivity contribution < 1.29 is 17.6 Å². The van der Waals surface area contributed by atoms with E-state index in [2.05, 4.69) is 5.32 Å². The summed E-state index contributed by atoms with van der Waals surface area (Å²) < 4.78 is 44.4. The molecule has 6 heteroatoms. The molecule has 0 amide bonds. The van der Waals surface area contributed by atoms with Gasteiger partial charge in [0.05, 0.1) is 13.2 Å². The third kappa shape index (κ3) is 5.35. The Morgan fingerprint density at radius 1 is 0.759 bits per heavy atom. The molecule has 0 bridgehead atoms. The Balaban J connectivity index is 2.01. The van der Waals surface area contributed by atoms with Crippen molar-refractivity contribution in [1.82, 2.24) is 5.32 Å². The zero-order valence-electron chi connectivity index (χ0n) is 16.2. The van der Waals surface area contributed by atoms with Crippen molar-refractivity contribution in [2.75, 3.05) is 13.2 Å². The lowest BCUT2D eigenvalue weighted by atomic mass is 10.3. The van der Waals surface area contributed by atoms with Crippen LogP contribution < -0.4 is 20.9 Å². The minimum Gasteiger partial charge on any atom is -0.403 e. The molecule has 3 aromatic rings. The van der Waals surface area contributed by atoms with Gasteiger partial charge in [-0.2, -0.15) is 13.2 Å². The van der Waals surface area contributed by atoms with Gasteiger partial charge in [-0.05, 0) is 22.5 Å². The summed E-state index contributed by atoms with van der Waals surface area (Å²) in [7, 11) is -2.88. The van der Waals surface area contributed by atoms with Gasteiger partial charge in [-0.25, -0.2) is 0 Å². The normalized spacial score (nSPS) is 13.2. The Hall–Kier alpha value is -2.41. The molecule has 3 aromatic carbocycles. The number of benzene rings is 3. The van der Waals surface area contributed by atoms with Crippen LogP contribution >= 0.6 is 0 Å². The zero-order chi connectivity index (χ0) is 20.7. The van der Waals surface area contributed by atoms with Crippen LogP contribution in [0, 0.1) is 0 Å². The smallest absolute Gasteiger partial charge is 0.401 e. The second kappa shape index (κ2) is 9.39. The number of hydrogen-bond acceptors (Lipinski definition) is 2. The Labute approximate surface area is 170 Å². The highest BCUT2D eigenvalue weighted by Gasteiger charge is 2.42. The highest BCUT2D eigenvalue weighted by atomic mass is 28.4. The quantitative estimate of drug-likeness (QED) is 0.451. The molecule has 0 unspecified atom stereocenters. The molecular formula is C23H24F3NOSi. The summed E-state index contributed by atoms with van der Waals surface area (Å²) in [6.07, 6.45) is -4.25. The molecule has 29 heavy (non-hydrogen) atoms. The third-order valence-corrected chi connectivity index (χ3v) is 8.78. The number of hydrogen-bond donors (Lipinski definition) is 1. The molecule has 152 valence electrons. The minimum absolute atomic E-state index is 0.168. The molecule has 0 saturated carbocycles. The molecule has 0 spiro atoms. The van der Waals surface area contributed by atoms with E-state index in [0.29, 0.717) is 0 Å². The van der Waals surface area contributed by atoms with Crippen LogP contribution in [0.2, 0.25) is 0 Å². The maximum absolute atomic E-state index is 12.6. The van der Waals surface area contributed by atoms with Crippen LogP contribution in [0.1, 0.15) is 6.92 Å². The van der Waals surface area contributed by atoms with Crippen molar-refractivity contribution in [2.45, 2.75) is 19.1 Å². The lowest BCUT2D eigenvalue weighted by Gasteiger charge is -2.34. The summed E-state index contributed by atoms with van der Waals surface area (Å²) in [6, 6.07) is 29.5. The SMILES string of the molecule is C[C@@H](CO[Si](c1ccccc1)(c1ccccc1)c1ccccc1)NCC(F)(F)F. The highest BCUT2D eigenvalue weighted by molar-refractivity contribution is 7.07. The average molecular weight is 416 g/mol. The van der Waals surface area contributed by atoms with Crippen molar-refractivity contribution in [2.24, 2.45) is 0 Å². The molecule has 0 fully saturated rings. The van der Waals surface area contributed by atoms with Crippen LogP contribution in [0.4, 0.5) is 13.2 Å². The van der Waals surface area contributed by atoms with E-state index in [9.17, 15) is 13.2 Å². The van der Waals surface area contributed by atoms with Crippen molar-refractivity contribution in [3.8, 4) is 0 Å². The summed E-state index contributed by atoms with van der Waals surface area (Å²) >= 11 is 0. The van der Waals surface area contributed by atoms with E-state index in [-0.39, 0.29) is 6.61 Å². The first kappa shape index (κ1) is 21.3. The molecule has 0 aromatic heterocycles. The van der Waals surface area contributed by atoms with E-state index in [1.165, 1.54) is 0 Å². The van der Waals surface area contributed by atoms with Crippen molar-refractivity contribution in [3.63, 3.8) is 0 Å². The Kier molecular flexibility index (Phi) is 6.90. The lowest BCUT2D eigenvalue weighted by molar-refractivity contribution is -0.126. The summed E-state index contributed by atoms with van der Waals surface area (Å²) in [5.74, 6) is 0. The van der Waals surface area contributed by atoms with E-state index in [0.717, 1.165) is 15.6 Å². The van der Waals surface area contributed by atoms with Gasteiger partial charge in [0.25, 0.3) is 8.32 Å². The Bertz CT molecular complexity index is 776. The zero-order valence-corrected chi connectivity index (χ0v) is 17.2. The number of rotatable bonds is 8. The fourth-order valence-electron chi connectivity index (χ4n) is 3.37. The first-order chi connectivity index (χ1) is 13.9. The van der Waals surface area contributed by atoms with Gasteiger partial charge in [0.1, 0.15) is 0 Å². The maximum atomic E-state index is 12.6. The van der Waals surface area contributed by atoms with Crippen LogP contribution in [0.15, 0.2) is 91.0 Å². The molecule has 1 atom stereocenters. The molecule has 0 saturated heterocycles. The van der Waals surface area contributed by atoms with E-state index in [1.807, 2.05) is 91.0 Å². The highest BCUT2D eigenvalue weighted by Crippen LogP contribution is 2.14. The predicted molar refractivity (Wildman–Crippen MR) is 113 cm³/mol. The second-order valence-electron chi connectivity index (χ2n) is 6.99. The van der Waals surface area contributed by atoms with Crippen molar-refractivity contribution in [1.29, 1.82) is 0 Å². The first-order valence-electron chi connectivity index (χ1n) is 9.52. The van der Waals surface area contributed by atoms with Crippen molar-refractivity contribution in [3.05, 3.63) is 91.0 Å². The Morgan fingerprint density at radius 3 is 1.48 bits per heavy atom. The molecule has 3 rings (SSSR count). The molecule has 0 radical (unpaired) electrons. The van der Waals surface area contributed by atoms with Gasteiger partial charge < -0.3 is 9.74 Å². The van der Waals surface area contributed by atoms with Crippen LogP contribution in [-0.4, -0.2) is 33.7 Å². The molecule has 0 aliphatic carbocycles. The summed E-state index contributed by atoms with van der Waals surface area (Å²) in [4.78, 5) is 0. The standard InChI is InChI=1S/C23H24F3NOSi/c1-19(27-18-23(24,25)26)17-28-29(20-11-5-2-6-12-20,21-13-7-3-8-14-21)22-15-9-4-10-16-22/h2-16,19,27H,17-18H2,1H3/t19-/m0/s1. The molecular weight excluding hydrogens is 391 g/mol. The van der Waals surface area contributed by atoms with Gasteiger partial charge in [0, 0.05) is 6.04 Å². The molecule has 0 heterocycles. The van der Waals surface area contributed by atoms with Crippen LogP contribution in [-0.2, 0) is 4.43 Å². The first-order valence-corrected chi connectivity index (χ1v) is 11.4. The summed E-state index contributed by atoms with van der Waals surface area (Å²) in [5.41, 5.74) is 0. The van der Waals surface area contributed by atoms with Crippen molar-refractivity contribution >= 4 is 23.9 Å². The minimum atomic E-state index is -4.25. The monoisotopic (exact) mass is 415 g/mol. The van der Waals surface area contributed by atoms with Gasteiger partial charge in [0.2, 0.25) is 0 Å². The molecule has 0 aliphatic heterocycles. The molecule has 0 aliphatic rings. The van der Waals surface area contributed by atoms with Gasteiger partial charge >= 0.3 is 6.18 Å². The Morgan fingerprint density at radius 2 is 1.14 bits per heavy atom. The third-order valence-electron chi connectivity index (χ3n) is 4.74. The van der Waals surface area contributed by atoms with E-state index >= 15 is 0 Å². The van der Waals surface area contributed by atoms with Gasteiger partial charge in [-0.1, -0.05) is 91.0 Å². The second-order valence-corrected chi connectivity index (χ2v) is 10.4. The topological polar surface area (TPSA) is 21.3 Å². The van der Waals surface area contributed by atoms with Gasteiger partial charge in [-0.3, -0.25) is 0 Å². The fraction of sp³-hybridized carbons (Fsp3) is 0.217.